The van der Waals surface area contributed by atoms with Crippen LogP contribution in [0.4, 0.5) is 10.8 Å². The van der Waals surface area contributed by atoms with Crippen molar-refractivity contribution in [3.8, 4) is 0 Å². The minimum Gasteiger partial charge on any atom is -0.382 e. The van der Waals surface area contributed by atoms with Crippen LogP contribution in [0.2, 0.25) is 0 Å². The van der Waals surface area contributed by atoms with Crippen molar-refractivity contribution in [1.29, 1.82) is 0 Å². The lowest BCUT2D eigenvalue weighted by atomic mass is 10.3. The number of nitrogen functional groups attached to an aromatic ring is 1. The molecule has 0 spiro atoms. The lowest BCUT2D eigenvalue weighted by Gasteiger charge is -2.12. The van der Waals surface area contributed by atoms with Crippen LogP contribution in [0.1, 0.15) is 11.3 Å². The highest BCUT2D eigenvalue weighted by Crippen LogP contribution is 2.33. The van der Waals surface area contributed by atoms with Crippen LogP contribution in [-0.4, -0.2) is 41.4 Å². The molecule has 4 N–H and O–H groups in total. The molecular weight excluding hydrogens is 300 g/mol. The molecule has 0 atom stereocenters. The van der Waals surface area contributed by atoms with Gasteiger partial charge in [-0.2, -0.15) is 9.47 Å². The SMILES string of the molecule is Cc1[nH]ncc1CNc1snc(N)c1S(=O)(=O)N(C)C. The van der Waals surface area contributed by atoms with Crippen molar-refractivity contribution in [1.82, 2.24) is 18.9 Å². The zero-order valence-corrected chi connectivity index (χ0v) is 13.0. The van der Waals surface area contributed by atoms with Crippen LogP contribution in [0.15, 0.2) is 11.1 Å². The van der Waals surface area contributed by atoms with Crippen LogP contribution < -0.4 is 11.1 Å². The van der Waals surface area contributed by atoms with Crippen LogP contribution in [0, 0.1) is 6.92 Å². The Morgan fingerprint density at radius 1 is 1.50 bits per heavy atom. The molecule has 2 aromatic rings. The number of aryl methyl sites for hydroxylation is 1. The molecule has 2 rings (SSSR count). The smallest absolute Gasteiger partial charge is 0.249 e. The maximum atomic E-state index is 12.2. The summed E-state index contributed by atoms with van der Waals surface area (Å²) in [4.78, 5) is 0.0219. The van der Waals surface area contributed by atoms with Crippen LogP contribution in [-0.2, 0) is 16.6 Å². The highest BCUT2D eigenvalue weighted by molar-refractivity contribution is 7.89. The van der Waals surface area contributed by atoms with E-state index in [9.17, 15) is 8.42 Å². The summed E-state index contributed by atoms with van der Waals surface area (Å²) in [6.07, 6.45) is 1.69. The number of hydrogen-bond donors (Lipinski definition) is 3. The van der Waals surface area contributed by atoms with Gasteiger partial charge in [0.1, 0.15) is 5.00 Å². The van der Waals surface area contributed by atoms with E-state index in [1.165, 1.54) is 14.1 Å². The maximum absolute atomic E-state index is 12.2. The molecule has 0 aliphatic carbocycles. The minimum atomic E-state index is -3.63. The molecule has 2 heterocycles. The Hall–Kier alpha value is -1.65. The van der Waals surface area contributed by atoms with Gasteiger partial charge in [-0.25, -0.2) is 12.7 Å². The topological polar surface area (TPSA) is 117 Å². The van der Waals surface area contributed by atoms with Gasteiger partial charge in [0.2, 0.25) is 10.0 Å². The fraction of sp³-hybridized carbons (Fsp3) is 0.400. The van der Waals surface area contributed by atoms with Gasteiger partial charge < -0.3 is 11.1 Å². The first kappa shape index (κ1) is 14.8. The third kappa shape index (κ3) is 2.62. The fourth-order valence-electron chi connectivity index (χ4n) is 1.57. The second kappa shape index (κ2) is 5.38. The van der Waals surface area contributed by atoms with Gasteiger partial charge in [0.05, 0.1) is 6.20 Å². The Labute approximate surface area is 121 Å². The molecule has 10 heteroatoms. The quantitative estimate of drug-likeness (QED) is 0.744. The predicted molar refractivity (Wildman–Crippen MR) is 78.1 cm³/mol. The lowest BCUT2D eigenvalue weighted by molar-refractivity contribution is 0.521. The fourth-order valence-corrected chi connectivity index (χ4v) is 3.64. The van der Waals surface area contributed by atoms with Crippen molar-refractivity contribution in [2.45, 2.75) is 18.4 Å². The number of nitrogens with zero attached hydrogens (tertiary/aromatic N) is 3. The van der Waals surface area contributed by atoms with E-state index in [2.05, 4.69) is 19.9 Å². The highest BCUT2D eigenvalue weighted by atomic mass is 32.2. The lowest BCUT2D eigenvalue weighted by Crippen LogP contribution is -2.23. The number of aromatic nitrogens is 3. The Balaban J connectivity index is 2.29. The third-order valence-corrected chi connectivity index (χ3v) is 5.63. The van der Waals surface area contributed by atoms with Crippen molar-refractivity contribution in [2.75, 3.05) is 25.1 Å². The van der Waals surface area contributed by atoms with Crippen LogP contribution in [0.3, 0.4) is 0 Å². The van der Waals surface area contributed by atoms with E-state index in [0.29, 0.717) is 11.5 Å². The molecule has 8 nitrogen and oxygen atoms in total. The third-order valence-electron chi connectivity index (χ3n) is 2.79. The first-order valence-corrected chi connectivity index (χ1v) is 7.95. The predicted octanol–water partition coefficient (Wildman–Crippen LogP) is 0.619. The van der Waals surface area contributed by atoms with Crippen LogP contribution in [0.25, 0.3) is 0 Å². The average molecular weight is 316 g/mol. The van der Waals surface area contributed by atoms with Crippen molar-refractivity contribution < 1.29 is 8.42 Å². The number of nitrogens with one attached hydrogen (secondary N) is 2. The van der Waals surface area contributed by atoms with E-state index in [1.54, 1.807) is 6.20 Å². The number of nitrogens with two attached hydrogens (primary N) is 1. The molecule has 0 radical (unpaired) electrons. The molecule has 2 aromatic heterocycles. The molecule has 0 saturated heterocycles. The van der Waals surface area contributed by atoms with Crippen LogP contribution in [0.5, 0.6) is 0 Å². The number of aromatic amines is 1. The maximum Gasteiger partial charge on any atom is 0.249 e. The van der Waals surface area contributed by atoms with Crippen molar-refractivity contribution in [3.63, 3.8) is 0 Å². The molecule has 0 unspecified atom stereocenters. The number of rotatable bonds is 5. The summed E-state index contributed by atoms with van der Waals surface area (Å²) in [6, 6.07) is 0. The van der Waals surface area contributed by atoms with Crippen molar-refractivity contribution in [3.05, 3.63) is 17.5 Å². The number of H-pyrrole nitrogens is 1. The van der Waals surface area contributed by atoms with Gasteiger partial charge in [0.15, 0.2) is 10.7 Å². The first-order valence-electron chi connectivity index (χ1n) is 5.74. The summed E-state index contributed by atoms with van der Waals surface area (Å²) in [5.74, 6) is 0.00937. The summed E-state index contributed by atoms with van der Waals surface area (Å²) in [7, 11) is -0.716. The second-order valence-corrected chi connectivity index (χ2v) is 7.25. The van der Waals surface area contributed by atoms with E-state index in [4.69, 9.17) is 5.73 Å². The minimum absolute atomic E-state index is 0.00937. The Kier molecular flexibility index (Phi) is 3.97. The van der Waals surface area contributed by atoms with E-state index < -0.39 is 10.0 Å². The molecule has 0 fully saturated rings. The summed E-state index contributed by atoms with van der Waals surface area (Å²) in [6.45, 7) is 2.34. The van der Waals surface area contributed by atoms with Gasteiger partial charge in [-0.1, -0.05) is 0 Å². The zero-order valence-electron chi connectivity index (χ0n) is 11.3. The Morgan fingerprint density at radius 3 is 2.75 bits per heavy atom. The van der Waals surface area contributed by atoms with Crippen LogP contribution >= 0.6 is 11.5 Å². The van der Waals surface area contributed by atoms with E-state index in [-0.39, 0.29) is 10.7 Å². The van der Waals surface area contributed by atoms with Crippen molar-refractivity contribution >= 4 is 32.4 Å². The van der Waals surface area contributed by atoms with E-state index in [1.807, 2.05) is 6.92 Å². The van der Waals surface area contributed by atoms with Gasteiger partial charge in [0.25, 0.3) is 0 Å². The summed E-state index contributed by atoms with van der Waals surface area (Å²) < 4.78 is 29.5. The molecule has 0 aromatic carbocycles. The molecule has 0 saturated carbocycles. The Bertz CT molecular complexity index is 703. The monoisotopic (exact) mass is 316 g/mol. The molecule has 20 heavy (non-hydrogen) atoms. The summed E-state index contributed by atoms with van der Waals surface area (Å²) in [5, 5.41) is 10.2. The van der Waals surface area contributed by atoms with Gasteiger partial charge in [-0.15, -0.1) is 0 Å². The molecule has 0 aliphatic rings. The van der Waals surface area contributed by atoms with E-state index >= 15 is 0 Å². The average Bonchev–Trinajstić information content (AvgIpc) is 2.93. The molecular formula is C10H16N6O2S2. The second-order valence-electron chi connectivity index (χ2n) is 4.39. The van der Waals surface area contributed by atoms with E-state index in [0.717, 1.165) is 27.1 Å². The molecule has 0 bridgehead atoms. The summed E-state index contributed by atoms with van der Waals surface area (Å²) >= 11 is 1.03. The highest BCUT2D eigenvalue weighted by Gasteiger charge is 2.27. The number of hydrogen-bond acceptors (Lipinski definition) is 7. The normalized spacial score (nSPS) is 12.0. The van der Waals surface area contributed by atoms with Gasteiger partial charge in [0, 0.05) is 31.9 Å². The zero-order chi connectivity index (χ0) is 14.9. The van der Waals surface area contributed by atoms with Gasteiger partial charge in [-0.3, -0.25) is 5.10 Å². The number of anilines is 2. The first-order chi connectivity index (χ1) is 9.34. The largest absolute Gasteiger partial charge is 0.382 e. The van der Waals surface area contributed by atoms with Gasteiger partial charge >= 0.3 is 0 Å². The molecule has 0 aliphatic heterocycles. The molecule has 110 valence electrons. The standard InChI is InChI=1S/C10H16N6O2S2/c1-6-7(5-13-14-6)4-12-10-8(9(11)15-19-10)20(17,18)16(2)3/h5,12H,4H2,1-3H3,(H2,11,15)(H,13,14). The van der Waals surface area contributed by atoms with Crippen molar-refractivity contribution in [2.24, 2.45) is 0 Å². The van der Waals surface area contributed by atoms with Gasteiger partial charge in [-0.05, 0) is 18.5 Å². The summed E-state index contributed by atoms with van der Waals surface area (Å²) in [5.41, 5.74) is 7.55. The Morgan fingerprint density at radius 2 is 2.20 bits per heavy atom. The molecule has 0 amide bonds. The number of sulfonamides is 1.